The van der Waals surface area contributed by atoms with Crippen LogP contribution in [0.5, 0.6) is 0 Å². The summed E-state index contributed by atoms with van der Waals surface area (Å²) in [7, 11) is 0. The average molecular weight is 387 g/mol. The summed E-state index contributed by atoms with van der Waals surface area (Å²) in [6, 6.07) is 10.8. The Kier molecular flexibility index (Phi) is 4.33. The first-order valence-corrected chi connectivity index (χ1v) is 8.66. The van der Waals surface area contributed by atoms with E-state index in [1.54, 1.807) is 0 Å². The first-order chi connectivity index (χ1) is 13.3. The molecule has 8 heteroatoms. The molecule has 0 radical (unpaired) electrons. The second kappa shape index (κ2) is 6.70. The number of alkyl halides is 3. The molecule has 3 amide bonds. The molecule has 2 N–H and O–H groups in total. The van der Waals surface area contributed by atoms with Crippen LogP contribution in [0.3, 0.4) is 0 Å². The third-order valence-electron chi connectivity index (χ3n) is 4.83. The Morgan fingerprint density at radius 3 is 2.43 bits per heavy atom. The lowest BCUT2D eigenvalue weighted by molar-refractivity contribution is -0.137. The first kappa shape index (κ1) is 18.1. The van der Waals surface area contributed by atoms with Gasteiger partial charge in [-0.3, -0.25) is 9.69 Å². The molecule has 0 bridgehead atoms. The minimum absolute atomic E-state index is 0.0762. The zero-order chi connectivity index (χ0) is 19.9. The van der Waals surface area contributed by atoms with Crippen LogP contribution in [0.15, 0.2) is 54.7 Å². The quantitative estimate of drug-likeness (QED) is 0.668. The van der Waals surface area contributed by atoms with Crippen LogP contribution in [-0.2, 0) is 23.9 Å². The van der Waals surface area contributed by atoms with Gasteiger partial charge < -0.3 is 10.3 Å². The lowest BCUT2D eigenvalue weighted by Crippen LogP contribution is -2.32. The van der Waals surface area contributed by atoms with Gasteiger partial charge in [0.15, 0.2) is 0 Å². The summed E-state index contributed by atoms with van der Waals surface area (Å²) in [6.45, 7) is -0.0762. The first-order valence-electron chi connectivity index (χ1n) is 8.66. The van der Waals surface area contributed by atoms with E-state index >= 15 is 0 Å². The van der Waals surface area contributed by atoms with E-state index in [4.69, 9.17) is 0 Å². The number of amides is 3. The average Bonchev–Trinajstić information content (AvgIpc) is 3.18. The molecule has 28 heavy (non-hydrogen) atoms. The maximum Gasteiger partial charge on any atom is 0.416 e. The summed E-state index contributed by atoms with van der Waals surface area (Å²) in [5, 5.41) is 3.63. The summed E-state index contributed by atoms with van der Waals surface area (Å²) >= 11 is 0. The van der Waals surface area contributed by atoms with Crippen LogP contribution in [0, 0.1) is 0 Å². The number of benzene rings is 2. The third-order valence-corrected chi connectivity index (χ3v) is 4.83. The summed E-state index contributed by atoms with van der Waals surface area (Å²) < 4.78 is 38.0. The number of carbonyl (C=O) groups excluding carboxylic acids is 2. The monoisotopic (exact) mass is 387 g/mol. The van der Waals surface area contributed by atoms with Crippen LogP contribution < -0.4 is 5.32 Å². The molecule has 1 aromatic heterocycles. The van der Waals surface area contributed by atoms with E-state index in [2.05, 4.69) is 10.3 Å². The number of rotatable bonds is 4. The van der Waals surface area contributed by atoms with Crippen LogP contribution in [0.2, 0.25) is 0 Å². The predicted molar refractivity (Wildman–Crippen MR) is 96.3 cm³/mol. The molecule has 3 aromatic rings. The summed E-state index contributed by atoms with van der Waals surface area (Å²) in [5.74, 6) is -0.393. The van der Waals surface area contributed by atoms with Gasteiger partial charge in [0.25, 0.3) is 5.91 Å². The largest absolute Gasteiger partial charge is 0.416 e. The molecule has 4 rings (SSSR count). The standard InChI is InChI=1S/C20H16F3N3O2/c21-20(22,23)14-7-5-12(6-8-14)11-26-18(27)17(25-19(26)28)9-13-10-24-16-4-2-1-3-15(13)16/h1-8,10,17,24H,9,11H2,(H,25,28). The second-order valence-electron chi connectivity index (χ2n) is 6.68. The zero-order valence-electron chi connectivity index (χ0n) is 14.6. The zero-order valence-corrected chi connectivity index (χ0v) is 14.6. The van der Waals surface area contributed by atoms with Gasteiger partial charge in [0.1, 0.15) is 6.04 Å². The molecular formula is C20H16F3N3O2. The van der Waals surface area contributed by atoms with E-state index in [0.29, 0.717) is 12.0 Å². The fraction of sp³-hybridized carbons (Fsp3) is 0.200. The number of para-hydroxylation sites is 1. The van der Waals surface area contributed by atoms with Gasteiger partial charge in [-0.05, 0) is 29.3 Å². The van der Waals surface area contributed by atoms with Gasteiger partial charge >= 0.3 is 12.2 Å². The molecule has 0 spiro atoms. The van der Waals surface area contributed by atoms with Crippen molar-refractivity contribution in [2.75, 3.05) is 0 Å². The Balaban J connectivity index is 1.48. The van der Waals surface area contributed by atoms with Gasteiger partial charge in [-0.25, -0.2) is 4.79 Å². The molecule has 1 saturated heterocycles. The second-order valence-corrected chi connectivity index (χ2v) is 6.68. The number of aromatic nitrogens is 1. The minimum atomic E-state index is -4.43. The van der Waals surface area contributed by atoms with Gasteiger partial charge in [-0.15, -0.1) is 0 Å². The molecule has 1 fully saturated rings. The number of nitrogens with one attached hydrogen (secondary N) is 2. The fourth-order valence-electron chi connectivity index (χ4n) is 3.37. The van der Waals surface area contributed by atoms with Crippen molar-refractivity contribution in [2.24, 2.45) is 0 Å². The van der Waals surface area contributed by atoms with Gasteiger partial charge in [0.2, 0.25) is 0 Å². The smallest absolute Gasteiger partial charge is 0.361 e. The molecule has 1 atom stereocenters. The van der Waals surface area contributed by atoms with Gasteiger partial charge in [0, 0.05) is 23.5 Å². The molecule has 0 saturated carbocycles. The Hall–Kier alpha value is -3.29. The van der Waals surface area contributed by atoms with Crippen molar-refractivity contribution in [2.45, 2.75) is 25.2 Å². The van der Waals surface area contributed by atoms with Gasteiger partial charge in [-0.1, -0.05) is 30.3 Å². The van der Waals surface area contributed by atoms with Crippen molar-refractivity contribution in [3.8, 4) is 0 Å². The van der Waals surface area contributed by atoms with Crippen molar-refractivity contribution in [1.29, 1.82) is 0 Å². The highest BCUT2D eigenvalue weighted by molar-refractivity contribution is 6.04. The highest BCUT2D eigenvalue weighted by Crippen LogP contribution is 2.29. The molecule has 144 valence electrons. The minimum Gasteiger partial charge on any atom is -0.361 e. The van der Waals surface area contributed by atoms with E-state index in [1.807, 2.05) is 30.5 Å². The van der Waals surface area contributed by atoms with Gasteiger partial charge in [-0.2, -0.15) is 13.2 Å². The number of urea groups is 1. The highest BCUT2D eigenvalue weighted by atomic mass is 19.4. The number of nitrogens with zero attached hydrogens (tertiary/aromatic N) is 1. The molecule has 1 aliphatic heterocycles. The van der Waals surface area contributed by atoms with Crippen molar-refractivity contribution in [1.82, 2.24) is 15.2 Å². The van der Waals surface area contributed by atoms with Crippen molar-refractivity contribution in [3.05, 3.63) is 71.4 Å². The van der Waals surface area contributed by atoms with E-state index in [1.165, 1.54) is 12.1 Å². The predicted octanol–water partition coefficient (Wildman–Crippen LogP) is 3.85. The van der Waals surface area contributed by atoms with Crippen molar-refractivity contribution >= 4 is 22.8 Å². The maximum atomic E-state index is 12.7. The Morgan fingerprint density at radius 2 is 1.71 bits per heavy atom. The summed E-state index contributed by atoms with van der Waals surface area (Å²) in [4.78, 5) is 29.0. The van der Waals surface area contributed by atoms with E-state index in [9.17, 15) is 22.8 Å². The summed E-state index contributed by atoms with van der Waals surface area (Å²) in [5.41, 5.74) is 1.52. The van der Waals surface area contributed by atoms with Crippen molar-refractivity contribution < 1.29 is 22.8 Å². The van der Waals surface area contributed by atoms with Crippen molar-refractivity contribution in [3.63, 3.8) is 0 Å². The number of aromatic amines is 1. The Bertz CT molecular complexity index is 1040. The van der Waals surface area contributed by atoms with Crippen LogP contribution in [0.25, 0.3) is 10.9 Å². The highest BCUT2D eigenvalue weighted by Gasteiger charge is 2.38. The lowest BCUT2D eigenvalue weighted by Gasteiger charge is -2.14. The van der Waals surface area contributed by atoms with E-state index in [-0.39, 0.29) is 6.54 Å². The topological polar surface area (TPSA) is 65.2 Å². The number of hydrogen-bond acceptors (Lipinski definition) is 2. The van der Waals surface area contributed by atoms with E-state index < -0.39 is 29.7 Å². The number of hydrogen-bond donors (Lipinski definition) is 2. The Labute approximate surface area is 158 Å². The number of halogens is 3. The van der Waals surface area contributed by atoms with Crippen LogP contribution in [0.1, 0.15) is 16.7 Å². The van der Waals surface area contributed by atoms with Crippen LogP contribution >= 0.6 is 0 Å². The van der Waals surface area contributed by atoms with E-state index in [0.717, 1.165) is 33.5 Å². The molecule has 1 unspecified atom stereocenters. The van der Waals surface area contributed by atoms with Gasteiger partial charge in [0.05, 0.1) is 12.1 Å². The number of fused-ring (bicyclic) bond motifs is 1. The fourth-order valence-corrected chi connectivity index (χ4v) is 3.37. The summed E-state index contributed by atoms with van der Waals surface area (Å²) in [6.07, 6.45) is -2.29. The molecule has 2 aromatic carbocycles. The maximum absolute atomic E-state index is 12.7. The SMILES string of the molecule is O=C1NC(Cc2c[nH]c3ccccc23)C(=O)N1Cc1ccc(C(F)(F)F)cc1. The third kappa shape index (κ3) is 3.33. The molecule has 1 aliphatic rings. The van der Waals surface area contributed by atoms with Crippen LogP contribution in [0.4, 0.5) is 18.0 Å². The number of carbonyl (C=O) groups is 2. The molecule has 5 nitrogen and oxygen atoms in total. The molecule has 2 heterocycles. The normalized spacial score (nSPS) is 17.4. The number of H-pyrrole nitrogens is 1. The lowest BCUT2D eigenvalue weighted by atomic mass is 10.0. The Morgan fingerprint density at radius 1 is 1.00 bits per heavy atom. The molecule has 0 aliphatic carbocycles. The number of imide groups is 1. The van der Waals surface area contributed by atoms with Crippen LogP contribution in [-0.4, -0.2) is 27.9 Å². The molecular weight excluding hydrogens is 371 g/mol.